The van der Waals surface area contributed by atoms with Gasteiger partial charge in [0.2, 0.25) is 10.6 Å². The average molecular weight is 485 g/mol. The summed E-state index contributed by atoms with van der Waals surface area (Å²) in [6, 6.07) is 8.81. The minimum absolute atomic E-state index is 0.0166. The van der Waals surface area contributed by atoms with Gasteiger partial charge < -0.3 is 5.32 Å². The van der Waals surface area contributed by atoms with Gasteiger partial charge in [-0.25, -0.2) is 9.67 Å². The number of carbonyl (C=O) groups is 1. The lowest BCUT2D eigenvalue weighted by Crippen LogP contribution is -2.61. The molecule has 166 valence electrons. The minimum Gasteiger partial charge on any atom is -0.349 e. The van der Waals surface area contributed by atoms with E-state index in [1.165, 1.54) is 17.5 Å². The lowest BCUT2D eigenvalue weighted by molar-refractivity contribution is -0.156. The number of benzene rings is 1. The third-order valence-electron chi connectivity index (χ3n) is 8.43. The number of carbonyl (C=O) groups excluding carboxylic acids is 1. The Hall–Kier alpha value is -1.69. The van der Waals surface area contributed by atoms with Crippen molar-refractivity contribution in [1.82, 2.24) is 20.1 Å². The quantitative estimate of drug-likeness (QED) is 0.569. The van der Waals surface area contributed by atoms with Crippen LogP contribution >= 0.6 is 15.9 Å². The molecule has 6 rings (SSSR count). The zero-order valence-corrected chi connectivity index (χ0v) is 20.4. The molecule has 4 aliphatic rings. The van der Waals surface area contributed by atoms with Crippen LogP contribution in [0.25, 0.3) is 0 Å². The Bertz CT molecular complexity index is 954. The van der Waals surface area contributed by atoms with Gasteiger partial charge in [0, 0.05) is 0 Å². The van der Waals surface area contributed by atoms with Gasteiger partial charge in [0.05, 0.1) is 17.0 Å². The molecular weight excluding hydrogens is 452 g/mol. The standard InChI is InChI=1S/C25H33BrN4O/c1-4-16(2)20-5-7-21(8-6-20)17(3)28-22(31)24-10-18-9-19(11-24)13-25(12-18,14-24)30-15-27-23(26)29-30/h5-8,15-19H,4,9-14H2,1-3H3,(H,28,31)/t16-,17-,18-,19+,24?,25?/m0/s1. The smallest absolute Gasteiger partial charge is 0.226 e. The largest absolute Gasteiger partial charge is 0.349 e. The van der Waals surface area contributed by atoms with Gasteiger partial charge >= 0.3 is 0 Å². The summed E-state index contributed by atoms with van der Waals surface area (Å²) < 4.78 is 2.70. The van der Waals surface area contributed by atoms with Crippen molar-refractivity contribution in [3.8, 4) is 0 Å². The fourth-order valence-corrected chi connectivity index (χ4v) is 7.26. The van der Waals surface area contributed by atoms with E-state index in [-0.39, 0.29) is 22.9 Å². The summed E-state index contributed by atoms with van der Waals surface area (Å²) in [5, 5.41) is 8.02. The molecule has 0 saturated heterocycles. The van der Waals surface area contributed by atoms with E-state index in [9.17, 15) is 4.79 Å². The van der Waals surface area contributed by atoms with E-state index in [0.29, 0.717) is 22.5 Å². The predicted octanol–water partition coefficient (Wildman–Crippen LogP) is 5.73. The van der Waals surface area contributed by atoms with Crippen LogP contribution in [0, 0.1) is 17.3 Å². The van der Waals surface area contributed by atoms with Crippen LogP contribution in [0.4, 0.5) is 0 Å². The first-order chi connectivity index (χ1) is 14.8. The second kappa shape index (κ2) is 7.72. The van der Waals surface area contributed by atoms with Crippen molar-refractivity contribution in [2.45, 2.75) is 83.2 Å². The highest BCUT2D eigenvalue weighted by Gasteiger charge is 2.61. The fraction of sp³-hybridized carbons (Fsp3) is 0.640. The van der Waals surface area contributed by atoms with Crippen LogP contribution in [0.2, 0.25) is 0 Å². The molecule has 5 nitrogen and oxygen atoms in total. The Labute approximate surface area is 193 Å². The highest BCUT2D eigenvalue weighted by Crippen LogP contribution is 2.64. The summed E-state index contributed by atoms with van der Waals surface area (Å²) in [5.41, 5.74) is 2.22. The summed E-state index contributed by atoms with van der Waals surface area (Å²) in [6.45, 7) is 6.59. The van der Waals surface area contributed by atoms with Gasteiger partial charge in [0.1, 0.15) is 6.33 Å². The molecule has 0 spiro atoms. The second-order valence-corrected chi connectivity index (χ2v) is 11.3. The summed E-state index contributed by atoms with van der Waals surface area (Å²) in [6.07, 6.45) is 9.43. The van der Waals surface area contributed by atoms with Gasteiger partial charge in [-0.1, -0.05) is 38.1 Å². The number of aromatic nitrogens is 3. The van der Waals surface area contributed by atoms with Crippen LogP contribution in [0.15, 0.2) is 35.3 Å². The summed E-state index contributed by atoms with van der Waals surface area (Å²) >= 11 is 3.41. The molecular formula is C25H33BrN4O. The van der Waals surface area contributed by atoms with E-state index in [2.05, 4.69) is 81.0 Å². The van der Waals surface area contributed by atoms with Gasteiger partial charge in [-0.3, -0.25) is 4.79 Å². The zero-order valence-electron chi connectivity index (χ0n) is 18.8. The molecule has 4 bridgehead atoms. The number of nitrogens with one attached hydrogen (secondary N) is 1. The van der Waals surface area contributed by atoms with E-state index in [1.807, 2.05) is 6.33 Å². The number of rotatable bonds is 6. The topological polar surface area (TPSA) is 59.8 Å². The number of nitrogens with zero attached hydrogens (tertiary/aromatic N) is 3. The van der Waals surface area contributed by atoms with Crippen molar-refractivity contribution < 1.29 is 4.79 Å². The number of hydrogen-bond donors (Lipinski definition) is 1. The van der Waals surface area contributed by atoms with Gasteiger partial charge in [-0.2, -0.15) is 0 Å². The lowest BCUT2D eigenvalue weighted by atomic mass is 9.46. The molecule has 2 aromatic rings. The fourth-order valence-electron chi connectivity index (χ4n) is 7.00. The van der Waals surface area contributed by atoms with E-state index < -0.39 is 0 Å². The van der Waals surface area contributed by atoms with Crippen molar-refractivity contribution in [3.05, 3.63) is 46.5 Å². The van der Waals surface area contributed by atoms with Crippen molar-refractivity contribution in [1.29, 1.82) is 0 Å². The summed E-state index contributed by atoms with van der Waals surface area (Å²) in [4.78, 5) is 18.0. The molecule has 1 amide bonds. The van der Waals surface area contributed by atoms with Crippen LogP contribution in [0.1, 0.15) is 88.8 Å². The highest BCUT2D eigenvalue weighted by atomic mass is 79.9. The predicted molar refractivity (Wildman–Crippen MR) is 125 cm³/mol. The Morgan fingerprint density at radius 2 is 1.81 bits per heavy atom. The molecule has 4 saturated carbocycles. The Morgan fingerprint density at radius 3 is 2.39 bits per heavy atom. The highest BCUT2D eigenvalue weighted by molar-refractivity contribution is 9.10. The van der Waals surface area contributed by atoms with E-state index in [4.69, 9.17) is 0 Å². The maximum absolute atomic E-state index is 13.7. The molecule has 1 aromatic heterocycles. The summed E-state index contributed by atoms with van der Waals surface area (Å²) in [5.74, 6) is 2.03. The molecule has 6 heteroatoms. The molecule has 31 heavy (non-hydrogen) atoms. The van der Waals surface area contributed by atoms with Crippen LogP contribution in [-0.4, -0.2) is 20.7 Å². The van der Waals surface area contributed by atoms with E-state index in [0.717, 1.165) is 38.5 Å². The molecule has 2 unspecified atom stereocenters. The van der Waals surface area contributed by atoms with Crippen molar-refractivity contribution in [2.24, 2.45) is 17.3 Å². The SMILES string of the molecule is CC[C@H](C)c1ccc([C@H](C)NC(=O)C23C[C@H]4C[C@@H](C2)CC(n2cnc(Br)n2)(C4)C3)cc1. The van der Waals surface area contributed by atoms with Crippen molar-refractivity contribution in [3.63, 3.8) is 0 Å². The molecule has 4 aliphatic carbocycles. The van der Waals surface area contributed by atoms with Gasteiger partial charge in [-0.15, -0.1) is 5.10 Å². The molecule has 1 heterocycles. The Kier molecular flexibility index (Phi) is 5.27. The minimum atomic E-state index is -0.270. The monoisotopic (exact) mass is 484 g/mol. The maximum Gasteiger partial charge on any atom is 0.226 e. The van der Waals surface area contributed by atoms with Crippen LogP contribution in [-0.2, 0) is 10.3 Å². The van der Waals surface area contributed by atoms with Crippen LogP contribution in [0.3, 0.4) is 0 Å². The number of hydrogen-bond acceptors (Lipinski definition) is 3. The first-order valence-electron chi connectivity index (χ1n) is 11.8. The third kappa shape index (κ3) is 3.65. The Morgan fingerprint density at radius 1 is 1.16 bits per heavy atom. The van der Waals surface area contributed by atoms with E-state index >= 15 is 0 Å². The average Bonchev–Trinajstić information content (AvgIpc) is 3.19. The van der Waals surface area contributed by atoms with Gasteiger partial charge in [0.15, 0.2) is 0 Å². The first-order valence-corrected chi connectivity index (χ1v) is 12.6. The lowest BCUT2D eigenvalue weighted by Gasteiger charge is -2.61. The number of halogens is 1. The molecule has 0 radical (unpaired) electrons. The van der Waals surface area contributed by atoms with Crippen molar-refractivity contribution >= 4 is 21.8 Å². The molecule has 4 fully saturated rings. The summed E-state index contributed by atoms with van der Waals surface area (Å²) in [7, 11) is 0. The third-order valence-corrected chi connectivity index (χ3v) is 8.79. The second-order valence-electron chi connectivity index (χ2n) is 10.6. The van der Waals surface area contributed by atoms with Crippen LogP contribution in [0.5, 0.6) is 0 Å². The first kappa shape index (κ1) is 21.2. The molecule has 1 aromatic carbocycles. The molecule has 0 aliphatic heterocycles. The van der Waals surface area contributed by atoms with Crippen molar-refractivity contribution in [2.75, 3.05) is 0 Å². The number of amides is 1. The normalized spacial score (nSPS) is 33.3. The Balaban J connectivity index is 1.35. The van der Waals surface area contributed by atoms with Gasteiger partial charge in [-0.05, 0) is 96.7 Å². The molecule has 6 atom stereocenters. The van der Waals surface area contributed by atoms with Gasteiger partial charge in [0.25, 0.3) is 0 Å². The van der Waals surface area contributed by atoms with Crippen LogP contribution < -0.4 is 5.32 Å². The van der Waals surface area contributed by atoms with E-state index in [1.54, 1.807) is 0 Å². The molecule has 1 N–H and O–H groups in total. The maximum atomic E-state index is 13.7. The zero-order chi connectivity index (χ0) is 21.8.